The number of ether oxygens (including phenoxy) is 4. The predicted molar refractivity (Wildman–Crippen MR) is 93.8 cm³/mol. The molecule has 28 heavy (non-hydrogen) atoms. The Balaban J connectivity index is 1.78. The number of fused-ring (bicyclic) bond motifs is 1. The number of methoxy groups -OCH3 is 1. The zero-order valence-electron chi connectivity index (χ0n) is 14.9. The Bertz CT molecular complexity index is 841. The molecule has 0 aliphatic carbocycles. The summed E-state index contributed by atoms with van der Waals surface area (Å²) in [6, 6.07) is 9.66. The second kappa shape index (κ2) is 8.39. The molecule has 2 aromatic rings. The maximum Gasteiger partial charge on any atom is 0.416 e. The van der Waals surface area contributed by atoms with Crippen LogP contribution in [-0.2, 0) is 15.7 Å². The van der Waals surface area contributed by atoms with Crippen LogP contribution in [-0.4, -0.2) is 38.9 Å². The normalized spacial score (nSPS) is 15.8. The van der Waals surface area contributed by atoms with E-state index in [-0.39, 0.29) is 31.3 Å². The number of carbonyl (C=O) groups excluding carboxylic acids is 1. The first kappa shape index (κ1) is 19.8. The van der Waals surface area contributed by atoms with E-state index in [0.717, 1.165) is 18.2 Å². The van der Waals surface area contributed by atoms with Crippen LogP contribution in [0.3, 0.4) is 0 Å². The summed E-state index contributed by atoms with van der Waals surface area (Å²) in [6.45, 7) is 0.285. The Morgan fingerprint density at radius 2 is 1.93 bits per heavy atom. The Morgan fingerprint density at radius 3 is 2.64 bits per heavy atom. The average molecular weight is 397 g/mol. The van der Waals surface area contributed by atoms with E-state index in [0.29, 0.717) is 11.5 Å². The number of anilines is 1. The maximum atomic E-state index is 13.0. The molecular formula is C19H18F3NO5. The van der Waals surface area contributed by atoms with E-state index >= 15 is 0 Å². The molecule has 0 aromatic heterocycles. The third-order valence-electron chi connectivity index (χ3n) is 3.91. The zero-order chi connectivity index (χ0) is 20.1. The largest absolute Gasteiger partial charge is 0.489 e. The fraction of sp³-hybridized carbons (Fsp3) is 0.316. The van der Waals surface area contributed by atoms with Gasteiger partial charge in [-0.05, 0) is 30.3 Å². The van der Waals surface area contributed by atoms with E-state index in [4.69, 9.17) is 18.9 Å². The third-order valence-corrected chi connectivity index (χ3v) is 3.91. The summed E-state index contributed by atoms with van der Waals surface area (Å²) in [6.07, 6.45) is -5.58. The van der Waals surface area contributed by atoms with Crippen LogP contribution in [0.2, 0.25) is 0 Å². The highest BCUT2D eigenvalue weighted by molar-refractivity contribution is 5.96. The number of halogens is 3. The van der Waals surface area contributed by atoms with Gasteiger partial charge in [0.2, 0.25) is 6.10 Å². The molecule has 0 radical (unpaired) electrons. The standard InChI is InChI=1S/C19H18F3NO5/c1-25-8-9-26-14-7-6-12(19(20,21)22)10-13(14)23-18(24)17-11-27-15-4-2-3-5-16(15)28-17/h2-7,10,17H,8-9,11H2,1H3,(H,23,24)/t17-/m1/s1. The molecule has 0 unspecified atom stereocenters. The van der Waals surface area contributed by atoms with Gasteiger partial charge in [-0.3, -0.25) is 4.79 Å². The van der Waals surface area contributed by atoms with E-state index in [9.17, 15) is 18.0 Å². The van der Waals surface area contributed by atoms with Crippen LogP contribution >= 0.6 is 0 Å². The second-order valence-corrected chi connectivity index (χ2v) is 5.90. The van der Waals surface area contributed by atoms with Crippen LogP contribution in [0.1, 0.15) is 5.56 Å². The fourth-order valence-electron chi connectivity index (χ4n) is 2.53. The minimum absolute atomic E-state index is 0.0678. The quantitative estimate of drug-likeness (QED) is 0.756. The molecular weight excluding hydrogens is 379 g/mol. The van der Waals surface area contributed by atoms with Gasteiger partial charge >= 0.3 is 6.18 Å². The number of amides is 1. The zero-order valence-corrected chi connectivity index (χ0v) is 14.9. The number of alkyl halides is 3. The maximum absolute atomic E-state index is 13.0. The summed E-state index contributed by atoms with van der Waals surface area (Å²) in [5.74, 6) is 0.324. The number of benzene rings is 2. The summed E-state index contributed by atoms with van der Waals surface area (Å²) in [5.41, 5.74) is -1.02. The van der Waals surface area contributed by atoms with Gasteiger partial charge in [-0.1, -0.05) is 12.1 Å². The van der Waals surface area contributed by atoms with E-state index < -0.39 is 23.8 Å². The van der Waals surface area contributed by atoms with Gasteiger partial charge in [-0.25, -0.2) is 0 Å². The van der Waals surface area contributed by atoms with Crippen molar-refractivity contribution in [3.8, 4) is 17.2 Å². The highest BCUT2D eigenvalue weighted by Gasteiger charge is 2.32. The van der Waals surface area contributed by atoms with E-state index in [2.05, 4.69) is 5.32 Å². The van der Waals surface area contributed by atoms with E-state index in [1.165, 1.54) is 7.11 Å². The lowest BCUT2D eigenvalue weighted by Gasteiger charge is -2.26. The van der Waals surface area contributed by atoms with E-state index in [1.54, 1.807) is 24.3 Å². The van der Waals surface area contributed by atoms with Gasteiger partial charge in [0.05, 0.1) is 17.9 Å². The van der Waals surface area contributed by atoms with Gasteiger partial charge in [0.15, 0.2) is 11.5 Å². The molecule has 2 aromatic carbocycles. The SMILES string of the molecule is COCCOc1ccc(C(F)(F)F)cc1NC(=O)[C@H]1COc2ccccc2O1. The Kier molecular flexibility index (Phi) is 5.93. The van der Waals surface area contributed by atoms with Gasteiger partial charge in [-0.15, -0.1) is 0 Å². The molecule has 0 spiro atoms. The van der Waals surface area contributed by atoms with Gasteiger partial charge in [-0.2, -0.15) is 13.2 Å². The molecule has 0 fully saturated rings. The average Bonchev–Trinajstić information content (AvgIpc) is 2.68. The molecule has 1 heterocycles. The van der Waals surface area contributed by atoms with Crippen LogP contribution in [0, 0.1) is 0 Å². The summed E-state index contributed by atoms with van der Waals surface area (Å²) in [5, 5.41) is 2.44. The molecule has 0 saturated carbocycles. The van der Waals surface area contributed by atoms with Crippen molar-refractivity contribution in [1.82, 2.24) is 0 Å². The summed E-state index contributed by atoms with van der Waals surface area (Å²) >= 11 is 0. The van der Waals surface area contributed by atoms with Crippen molar-refractivity contribution in [3.05, 3.63) is 48.0 Å². The molecule has 9 heteroatoms. The molecule has 150 valence electrons. The number of para-hydroxylation sites is 2. The Hall–Kier alpha value is -2.94. The highest BCUT2D eigenvalue weighted by Crippen LogP contribution is 2.36. The predicted octanol–water partition coefficient (Wildman–Crippen LogP) is 3.51. The van der Waals surface area contributed by atoms with Gasteiger partial charge in [0.1, 0.15) is 19.0 Å². The molecule has 1 atom stereocenters. The smallest absolute Gasteiger partial charge is 0.416 e. The number of rotatable bonds is 6. The van der Waals surface area contributed by atoms with Crippen LogP contribution < -0.4 is 19.5 Å². The Morgan fingerprint density at radius 1 is 1.18 bits per heavy atom. The molecule has 1 aliphatic rings. The third kappa shape index (κ3) is 4.66. The van der Waals surface area contributed by atoms with Crippen molar-refractivity contribution < 1.29 is 36.9 Å². The van der Waals surface area contributed by atoms with Crippen molar-refractivity contribution in [2.75, 3.05) is 32.2 Å². The molecule has 1 amide bonds. The molecule has 0 bridgehead atoms. The highest BCUT2D eigenvalue weighted by atomic mass is 19.4. The van der Waals surface area contributed by atoms with Crippen LogP contribution in [0.25, 0.3) is 0 Å². The molecule has 3 rings (SSSR count). The van der Waals surface area contributed by atoms with Crippen LogP contribution in [0.5, 0.6) is 17.2 Å². The summed E-state index contributed by atoms with van der Waals surface area (Å²) in [4.78, 5) is 12.5. The monoisotopic (exact) mass is 397 g/mol. The molecule has 6 nitrogen and oxygen atoms in total. The molecule has 0 saturated heterocycles. The minimum Gasteiger partial charge on any atom is -0.489 e. The topological polar surface area (TPSA) is 66.0 Å². The van der Waals surface area contributed by atoms with Crippen molar-refractivity contribution in [2.45, 2.75) is 12.3 Å². The number of nitrogens with one attached hydrogen (secondary N) is 1. The lowest BCUT2D eigenvalue weighted by molar-refractivity contribution is -0.137. The Labute approximate surface area is 159 Å². The molecule has 1 N–H and O–H groups in total. The van der Waals surface area contributed by atoms with Gasteiger partial charge in [0.25, 0.3) is 5.91 Å². The number of hydrogen-bond donors (Lipinski definition) is 1. The van der Waals surface area contributed by atoms with Crippen molar-refractivity contribution in [1.29, 1.82) is 0 Å². The second-order valence-electron chi connectivity index (χ2n) is 5.90. The fourth-order valence-corrected chi connectivity index (χ4v) is 2.53. The molecule has 1 aliphatic heterocycles. The first-order chi connectivity index (χ1) is 13.4. The summed E-state index contributed by atoms with van der Waals surface area (Å²) < 4.78 is 60.5. The van der Waals surface area contributed by atoms with E-state index in [1.807, 2.05) is 0 Å². The summed E-state index contributed by atoms with van der Waals surface area (Å²) in [7, 11) is 1.47. The van der Waals surface area contributed by atoms with Gasteiger partial charge < -0.3 is 24.3 Å². The lowest BCUT2D eigenvalue weighted by Crippen LogP contribution is -2.40. The van der Waals surface area contributed by atoms with Crippen molar-refractivity contribution in [2.24, 2.45) is 0 Å². The number of hydrogen-bond acceptors (Lipinski definition) is 5. The van der Waals surface area contributed by atoms with Crippen LogP contribution in [0.4, 0.5) is 18.9 Å². The van der Waals surface area contributed by atoms with Crippen molar-refractivity contribution >= 4 is 11.6 Å². The van der Waals surface area contributed by atoms with Crippen molar-refractivity contribution in [3.63, 3.8) is 0 Å². The lowest BCUT2D eigenvalue weighted by atomic mass is 10.1. The first-order valence-corrected chi connectivity index (χ1v) is 8.41. The van der Waals surface area contributed by atoms with Gasteiger partial charge in [0, 0.05) is 7.11 Å². The van der Waals surface area contributed by atoms with Crippen LogP contribution in [0.15, 0.2) is 42.5 Å². The first-order valence-electron chi connectivity index (χ1n) is 8.41. The number of carbonyl (C=O) groups is 1. The minimum atomic E-state index is -4.56.